The molecule has 1 saturated carbocycles. The van der Waals surface area contributed by atoms with Crippen LogP contribution in [0.2, 0.25) is 0 Å². The van der Waals surface area contributed by atoms with E-state index in [0.717, 1.165) is 37.0 Å². The van der Waals surface area contributed by atoms with E-state index in [4.69, 9.17) is 0 Å². The van der Waals surface area contributed by atoms with E-state index < -0.39 is 0 Å². The highest BCUT2D eigenvalue weighted by Gasteiger charge is 2.39. The predicted molar refractivity (Wildman–Crippen MR) is 191 cm³/mol. The topological polar surface area (TPSA) is 87.3 Å². The van der Waals surface area contributed by atoms with Gasteiger partial charge < -0.3 is 16.0 Å². The Hall–Kier alpha value is -1.59. The van der Waals surface area contributed by atoms with Gasteiger partial charge in [-0.05, 0) is 74.0 Å². The Kier molecular flexibility index (Phi) is 21.8. The first-order valence-corrected chi connectivity index (χ1v) is 19.1. The Morgan fingerprint density at radius 1 is 0.422 bits per heavy atom. The van der Waals surface area contributed by atoms with Gasteiger partial charge >= 0.3 is 0 Å². The molecule has 3 amide bonds. The zero-order chi connectivity index (χ0) is 33.8. The van der Waals surface area contributed by atoms with Gasteiger partial charge in [0.2, 0.25) is 17.7 Å². The fourth-order valence-electron chi connectivity index (χ4n) is 6.78. The molecular formula is C39H75N3O3. The van der Waals surface area contributed by atoms with Gasteiger partial charge in [0, 0.05) is 37.4 Å². The van der Waals surface area contributed by atoms with Crippen molar-refractivity contribution in [1.82, 2.24) is 16.0 Å². The molecule has 0 spiro atoms. The minimum atomic E-state index is -0.300. The average molecular weight is 634 g/mol. The number of rotatable bonds is 24. The van der Waals surface area contributed by atoms with Crippen LogP contribution in [0.5, 0.6) is 0 Å². The maximum absolute atomic E-state index is 13.3. The summed E-state index contributed by atoms with van der Waals surface area (Å²) < 4.78 is 0. The van der Waals surface area contributed by atoms with Crippen molar-refractivity contribution in [2.75, 3.05) is 19.6 Å². The van der Waals surface area contributed by atoms with E-state index in [1.807, 2.05) is 0 Å². The van der Waals surface area contributed by atoms with Crippen LogP contribution < -0.4 is 16.0 Å². The third-order valence-corrected chi connectivity index (χ3v) is 10.1. The van der Waals surface area contributed by atoms with Gasteiger partial charge in [-0.15, -0.1) is 0 Å². The summed E-state index contributed by atoms with van der Waals surface area (Å²) in [5.74, 6) is 3.06. The van der Waals surface area contributed by atoms with E-state index in [1.165, 1.54) is 57.8 Å². The van der Waals surface area contributed by atoms with Crippen LogP contribution in [0.1, 0.15) is 159 Å². The van der Waals surface area contributed by atoms with Crippen LogP contribution in [0, 0.1) is 53.3 Å². The third-order valence-electron chi connectivity index (χ3n) is 10.1. The Morgan fingerprint density at radius 2 is 0.667 bits per heavy atom. The maximum atomic E-state index is 13.3. The third kappa shape index (κ3) is 20.3. The lowest BCUT2D eigenvalue weighted by Gasteiger charge is -2.33. The largest absolute Gasteiger partial charge is 0.356 e. The predicted octanol–water partition coefficient (Wildman–Crippen LogP) is 8.93. The number of amides is 3. The Bertz CT molecular complexity index is 701. The zero-order valence-electron chi connectivity index (χ0n) is 31.1. The van der Waals surface area contributed by atoms with E-state index in [9.17, 15) is 14.4 Å². The highest BCUT2D eigenvalue weighted by Crippen LogP contribution is 2.34. The molecule has 0 aliphatic heterocycles. The molecule has 6 nitrogen and oxygen atoms in total. The van der Waals surface area contributed by atoms with Crippen molar-refractivity contribution >= 4 is 17.7 Å². The van der Waals surface area contributed by atoms with Crippen molar-refractivity contribution in [3.63, 3.8) is 0 Å². The molecule has 45 heavy (non-hydrogen) atoms. The highest BCUT2D eigenvalue weighted by molar-refractivity contribution is 5.85. The molecule has 0 aromatic rings. The molecule has 1 fully saturated rings. The van der Waals surface area contributed by atoms with Gasteiger partial charge in [0.05, 0.1) is 0 Å². The number of carbonyl (C=O) groups is 3. The maximum Gasteiger partial charge on any atom is 0.223 e. The fourth-order valence-corrected chi connectivity index (χ4v) is 6.78. The first-order valence-electron chi connectivity index (χ1n) is 19.1. The van der Waals surface area contributed by atoms with Gasteiger partial charge in [-0.1, -0.05) is 120 Å². The lowest BCUT2D eigenvalue weighted by atomic mass is 9.74. The fraction of sp³-hybridized carbons (Fsp3) is 0.923. The van der Waals surface area contributed by atoms with Crippen molar-refractivity contribution in [2.24, 2.45) is 53.3 Å². The molecule has 0 heterocycles. The number of hydrogen-bond donors (Lipinski definition) is 3. The lowest BCUT2D eigenvalue weighted by molar-refractivity contribution is -0.135. The molecule has 0 radical (unpaired) electrons. The van der Waals surface area contributed by atoms with Crippen molar-refractivity contribution in [1.29, 1.82) is 0 Å². The molecule has 0 saturated heterocycles. The number of hydrogen-bond acceptors (Lipinski definition) is 3. The Labute approximate surface area is 279 Å². The summed E-state index contributed by atoms with van der Waals surface area (Å²) in [6.45, 7) is 22.4. The summed E-state index contributed by atoms with van der Waals surface area (Å²) in [5, 5.41) is 9.51. The normalized spacial score (nSPS) is 20.7. The summed E-state index contributed by atoms with van der Waals surface area (Å²) in [5.41, 5.74) is 0. The average Bonchev–Trinajstić information content (AvgIpc) is 2.96. The second-order valence-electron chi connectivity index (χ2n) is 16.3. The van der Waals surface area contributed by atoms with Crippen molar-refractivity contribution in [3.8, 4) is 0 Å². The smallest absolute Gasteiger partial charge is 0.223 e. The van der Waals surface area contributed by atoms with Crippen LogP contribution >= 0.6 is 0 Å². The van der Waals surface area contributed by atoms with Gasteiger partial charge in [0.25, 0.3) is 0 Å². The van der Waals surface area contributed by atoms with E-state index >= 15 is 0 Å². The quantitative estimate of drug-likeness (QED) is 0.0992. The Balaban J connectivity index is 2.69. The van der Waals surface area contributed by atoms with E-state index in [-0.39, 0.29) is 35.5 Å². The minimum absolute atomic E-state index is 0.0113. The van der Waals surface area contributed by atoms with Gasteiger partial charge in [0.15, 0.2) is 0 Å². The molecule has 1 aliphatic rings. The summed E-state index contributed by atoms with van der Waals surface area (Å²) in [7, 11) is 0. The van der Waals surface area contributed by atoms with Gasteiger partial charge in [0.1, 0.15) is 0 Å². The van der Waals surface area contributed by atoms with Crippen LogP contribution in [0.25, 0.3) is 0 Å². The van der Waals surface area contributed by atoms with Gasteiger partial charge in [-0.25, -0.2) is 0 Å². The van der Waals surface area contributed by atoms with Gasteiger partial charge in [-0.3, -0.25) is 14.4 Å². The molecule has 3 N–H and O–H groups in total. The molecule has 3 atom stereocenters. The lowest BCUT2D eigenvalue weighted by Crippen LogP contribution is -2.45. The number of carbonyl (C=O) groups excluding carboxylic acids is 3. The minimum Gasteiger partial charge on any atom is -0.356 e. The first-order chi connectivity index (χ1) is 21.3. The SMILES string of the molecule is CC(C)CCCC(C)CCNC(=O)C1CC(C(=O)NCCC(C)CCCC(C)C)CC(C(=O)NCCC(C)CCCC(C)C)C1. The molecule has 1 rings (SSSR count). The summed E-state index contributed by atoms with van der Waals surface area (Å²) in [6.07, 6.45) is 15.5. The molecule has 0 aromatic carbocycles. The molecule has 3 unspecified atom stereocenters. The highest BCUT2D eigenvalue weighted by atomic mass is 16.2. The van der Waals surface area contributed by atoms with Crippen LogP contribution in [-0.4, -0.2) is 37.4 Å². The van der Waals surface area contributed by atoms with Crippen LogP contribution in [-0.2, 0) is 14.4 Å². The summed E-state index contributed by atoms with van der Waals surface area (Å²) >= 11 is 0. The zero-order valence-corrected chi connectivity index (χ0v) is 31.1. The van der Waals surface area contributed by atoms with Crippen molar-refractivity contribution in [2.45, 2.75) is 159 Å². The van der Waals surface area contributed by atoms with Crippen LogP contribution in [0.15, 0.2) is 0 Å². The number of nitrogens with one attached hydrogen (secondary N) is 3. The molecule has 0 bridgehead atoms. The van der Waals surface area contributed by atoms with Gasteiger partial charge in [-0.2, -0.15) is 0 Å². The molecule has 0 aromatic heterocycles. The van der Waals surface area contributed by atoms with Crippen LogP contribution in [0.3, 0.4) is 0 Å². The first kappa shape index (κ1) is 41.4. The van der Waals surface area contributed by atoms with Crippen molar-refractivity contribution in [3.05, 3.63) is 0 Å². The molecule has 264 valence electrons. The second-order valence-corrected chi connectivity index (χ2v) is 16.3. The standard InChI is InChI=1S/C39H75N3O3/c1-28(2)13-10-16-31(7)19-22-40-37(43)34-25-35(38(44)41-23-20-32(8)17-11-14-29(3)4)27-36(26-34)39(45)42-24-21-33(9)18-12-15-30(5)6/h28-36H,10-27H2,1-9H3,(H,40,43)(H,41,44)(H,42,45). The Morgan fingerprint density at radius 3 is 0.889 bits per heavy atom. The van der Waals surface area contributed by atoms with Crippen LogP contribution in [0.4, 0.5) is 0 Å². The molecule has 6 heteroatoms. The van der Waals surface area contributed by atoms with E-state index in [2.05, 4.69) is 78.3 Å². The van der Waals surface area contributed by atoms with E-state index in [1.54, 1.807) is 0 Å². The summed E-state index contributed by atoms with van der Waals surface area (Å²) in [6, 6.07) is 0. The monoisotopic (exact) mass is 634 g/mol. The van der Waals surface area contributed by atoms with E-state index in [0.29, 0.717) is 56.7 Å². The second kappa shape index (κ2) is 23.7. The molecular weight excluding hydrogens is 558 g/mol. The molecule has 1 aliphatic carbocycles. The summed E-state index contributed by atoms with van der Waals surface area (Å²) in [4.78, 5) is 40.0. The van der Waals surface area contributed by atoms with Crippen molar-refractivity contribution < 1.29 is 14.4 Å².